The maximum absolute atomic E-state index is 12.6. The standard InChI is InChI=1S/C20H23N3O2/c24-20(11-17-7-4-8-21-12-17)23-14-18-19(15-23)25-10-9-22(18)13-16-5-2-1-3-6-16/h1-8,12,18-19H,9-11,13-15H2/t18-,19+/m0/s1. The minimum Gasteiger partial charge on any atom is -0.373 e. The maximum atomic E-state index is 12.6. The fourth-order valence-corrected chi connectivity index (χ4v) is 3.77. The van der Waals surface area contributed by atoms with Crippen LogP contribution in [0.15, 0.2) is 54.9 Å². The van der Waals surface area contributed by atoms with E-state index in [0.717, 1.165) is 31.8 Å². The summed E-state index contributed by atoms with van der Waals surface area (Å²) >= 11 is 0. The van der Waals surface area contributed by atoms with E-state index in [2.05, 4.69) is 34.1 Å². The van der Waals surface area contributed by atoms with Crippen molar-refractivity contribution >= 4 is 5.91 Å². The van der Waals surface area contributed by atoms with Crippen LogP contribution in [-0.4, -0.2) is 59.1 Å². The van der Waals surface area contributed by atoms with E-state index in [-0.39, 0.29) is 18.1 Å². The first-order chi connectivity index (χ1) is 12.3. The molecule has 0 unspecified atom stereocenters. The van der Waals surface area contributed by atoms with Crippen molar-refractivity contribution in [1.29, 1.82) is 0 Å². The predicted molar refractivity (Wildman–Crippen MR) is 94.9 cm³/mol. The SMILES string of the molecule is O=C(Cc1cccnc1)N1C[C@H]2OCCN(Cc3ccccc3)[C@H]2C1. The van der Waals surface area contributed by atoms with Crippen molar-refractivity contribution in [3.8, 4) is 0 Å². The topological polar surface area (TPSA) is 45.7 Å². The van der Waals surface area contributed by atoms with Crippen LogP contribution in [0.1, 0.15) is 11.1 Å². The molecule has 0 aliphatic carbocycles. The van der Waals surface area contributed by atoms with Crippen LogP contribution in [0, 0.1) is 0 Å². The van der Waals surface area contributed by atoms with Gasteiger partial charge in [-0.15, -0.1) is 0 Å². The maximum Gasteiger partial charge on any atom is 0.227 e. The minimum absolute atomic E-state index is 0.121. The van der Waals surface area contributed by atoms with Gasteiger partial charge in [-0.2, -0.15) is 0 Å². The van der Waals surface area contributed by atoms with Crippen LogP contribution in [0.25, 0.3) is 0 Å². The molecule has 2 saturated heterocycles. The third-order valence-electron chi connectivity index (χ3n) is 5.08. The molecule has 4 rings (SSSR count). The summed E-state index contributed by atoms with van der Waals surface area (Å²) in [6.45, 7) is 4.00. The first-order valence-electron chi connectivity index (χ1n) is 8.86. The number of amides is 1. The molecule has 0 saturated carbocycles. The van der Waals surface area contributed by atoms with Crippen LogP contribution in [0.4, 0.5) is 0 Å². The molecule has 1 amide bonds. The Morgan fingerprint density at radius 3 is 2.76 bits per heavy atom. The summed E-state index contributed by atoms with van der Waals surface area (Å²) in [4.78, 5) is 21.1. The normalized spacial score (nSPS) is 23.4. The van der Waals surface area contributed by atoms with Crippen molar-refractivity contribution < 1.29 is 9.53 Å². The van der Waals surface area contributed by atoms with Gasteiger partial charge >= 0.3 is 0 Å². The molecule has 1 aromatic carbocycles. The highest BCUT2D eigenvalue weighted by Crippen LogP contribution is 2.25. The molecule has 25 heavy (non-hydrogen) atoms. The number of aromatic nitrogens is 1. The van der Waals surface area contributed by atoms with Crippen LogP contribution in [0.5, 0.6) is 0 Å². The second-order valence-electron chi connectivity index (χ2n) is 6.77. The zero-order valence-electron chi connectivity index (χ0n) is 14.3. The van der Waals surface area contributed by atoms with Gasteiger partial charge in [0.1, 0.15) is 0 Å². The summed E-state index contributed by atoms with van der Waals surface area (Å²) in [6, 6.07) is 14.6. The van der Waals surface area contributed by atoms with Crippen LogP contribution in [-0.2, 0) is 22.5 Å². The third kappa shape index (κ3) is 3.72. The number of likely N-dealkylation sites (tertiary alicyclic amines) is 1. The average Bonchev–Trinajstić information content (AvgIpc) is 3.09. The zero-order chi connectivity index (χ0) is 17.1. The van der Waals surface area contributed by atoms with Gasteiger partial charge in [0.2, 0.25) is 5.91 Å². The number of benzene rings is 1. The Hall–Kier alpha value is -2.24. The molecule has 0 radical (unpaired) electrons. The highest BCUT2D eigenvalue weighted by atomic mass is 16.5. The molecule has 5 heteroatoms. The zero-order valence-corrected chi connectivity index (χ0v) is 14.3. The summed E-state index contributed by atoms with van der Waals surface area (Å²) in [7, 11) is 0. The predicted octanol–water partition coefficient (Wildman–Crippen LogP) is 1.74. The molecule has 130 valence electrons. The summed E-state index contributed by atoms with van der Waals surface area (Å²) in [5, 5.41) is 0. The highest BCUT2D eigenvalue weighted by Gasteiger charge is 2.41. The molecule has 0 spiro atoms. The van der Waals surface area contributed by atoms with E-state index in [1.54, 1.807) is 12.4 Å². The molecule has 2 aliphatic rings. The summed E-state index contributed by atoms with van der Waals surface area (Å²) in [6.07, 6.45) is 4.02. The lowest BCUT2D eigenvalue weighted by Crippen LogP contribution is -2.50. The van der Waals surface area contributed by atoms with Crippen LogP contribution >= 0.6 is 0 Å². The van der Waals surface area contributed by atoms with Gasteiger partial charge in [-0.05, 0) is 17.2 Å². The number of hydrogen-bond donors (Lipinski definition) is 0. The Morgan fingerprint density at radius 1 is 1.12 bits per heavy atom. The number of hydrogen-bond acceptors (Lipinski definition) is 4. The fourth-order valence-electron chi connectivity index (χ4n) is 3.77. The van der Waals surface area contributed by atoms with Gasteiger partial charge in [-0.25, -0.2) is 0 Å². The number of rotatable bonds is 4. The summed E-state index contributed by atoms with van der Waals surface area (Å²) in [5.74, 6) is 0.158. The largest absolute Gasteiger partial charge is 0.373 e. The van der Waals surface area contributed by atoms with Crippen molar-refractivity contribution in [2.45, 2.75) is 25.1 Å². The molecule has 2 aromatic rings. The Balaban J connectivity index is 1.41. The van der Waals surface area contributed by atoms with Gasteiger partial charge in [-0.3, -0.25) is 14.7 Å². The van der Waals surface area contributed by atoms with Crippen molar-refractivity contribution in [2.75, 3.05) is 26.2 Å². The van der Waals surface area contributed by atoms with Crippen molar-refractivity contribution in [2.24, 2.45) is 0 Å². The van der Waals surface area contributed by atoms with E-state index in [9.17, 15) is 4.79 Å². The van der Waals surface area contributed by atoms with Crippen molar-refractivity contribution in [1.82, 2.24) is 14.8 Å². The second-order valence-corrected chi connectivity index (χ2v) is 6.77. The van der Waals surface area contributed by atoms with Gasteiger partial charge in [0.15, 0.2) is 0 Å². The summed E-state index contributed by atoms with van der Waals surface area (Å²) < 4.78 is 5.95. The van der Waals surface area contributed by atoms with Gasteiger partial charge in [0, 0.05) is 38.6 Å². The number of nitrogens with zero attached hydrogens (tertiary/aromatic N) is 3. The summed E-state index contributed by atoms with van der Waals surface area (Å²) in [5.41, 5.74) is 2.27. The van der Waals surface area contributed by atoms with Gasteiger partial charge in [0.05, 0.1) is 25.2 Å². The molecule has 2 aliphatic heterocycles. The quantitative estimate of drug-likeness (QED) is 0.852. The van der Waals surface area contributed by atoms with Crippen LogP contribution < -0.4 is 0 Å². The van der Waals surface area contributed by atoms with Gasteiger partial charge < -0.3 is 9.64 Å². The van der Waals surface area contributed by atoms with Crippen molar-refractivity contribution in [3.05, 3.63) is 66.0 Å². The molecular formula is C20H23N3O2. The Labute approximate surface area is 148 Å². The van der Waals surface area contributed by atoms with E-state index < -0.39 is 0 Å². The van der Waals surface area contributed by atoms with Gasteiger partial charge in [-0.1, -0.05) is 36.4 Å². The molecule has 0 N–H and O–H groups in total. The minimum atomic E-state index is 0.121. The van der Waals surface area contributed by atoms with Crippen LogP contribution in [0.3, 0.4) is 0 Å². The Kier molecular flexibility index (Phi) is 4.76. The van der Waals surface area contributed by atoms with E-state index in [0.29, 0.717) is 13.0 Å². The van der Waals surface area contributed by atoms with E-state index >= 15 is 0 Å². The number of ether oxygens (including phenoxy) is 1. The molecular weight excluding hydrogens is 314 g/mol. The molecule has 0 bridgehead atoms. The Morgan fingerprint density at radius 2 is 1.96 bits per heavy atom. The number of morpholine rings is 1. The fraction of sp³-hybridized carbons (Fsp3) is 0.400. The van der Waals surface area contributed by atoms with E-state index in [1.807, 2.05) is 23.1 Å². The molecule has 2 fully saturated rings. The van der Waals surface area contributed by atoms with Crippen LogP contribution in [0.2, 0.25) is 0 Å². The average molecular weight is 337 g/mol. The smallest absolute Gasteiger partial charge is 0.227 e. The van der Waals surface area contributed by atoms with Crippen molar-refractivity contribution in [3.63, 3.8) is 0 Å². The molecule has 2 atom stereocenters. The second kappa shape index (κ2) is 7.33. The van der Waals surface area contributed by atoms with Gasteiger partial charge in [0.25, 0.3) is 0 Å². The number of carbonyl (C=O) groups is 1. The first-order valence-corrected chi connectivity index (χ1v) is 8.86. The number of fused-ring (bicyclic) bond motifs is 1. The molecule has 1 aromatic heterocycles. The third-order valence-corrected chi connectivity index (χ3v) is 5.08. The lowest BCUT2D eigenvalue weighted by atomic mass is 10.1. The lowest BCUT2D eigenvalue weighted by Gasteiger charge is -2.36. The molecule has 5 nitrogen and oxygen atoms in total. The van der Waals surface area contributed by atoms with E-state index in [4.69, 9.17) is 4.74 Å². The Bertz CT molecular complexity index is 707. The first kappa shape index (κ1) is 16.2. The lowest BCUT2D eigenvalue weighted by molar-refractivity contribution is -0.129. The molecule has 3 heterocycles. The number of carbonyl (C=O) groups excluding carboxylic acids is 1. The number of pyridine rings is 1. The van der Waals surface area contributed by atoms with E-state index in [1.165, 1.54) is 5.56 Å². The highest BCUT2D eigenvalue weighted by molar-refractivity contribution is 5.79. The monoisotopic (exact) mass is 337 g/mol.